The molecule has 6 heteroatoms. The first-order valence-electron chi connectivity index (χ1n) is 5.17. The van der Waals surface area contributed by atoms with Crippen LogP contribution in [0.2, 0.25) is 0 Å². The van der Waals surface area contributed by atoms with Crippen LogP contribution in [0.5, 0.6) is 0 Å². The predicted octanol–water partition coefficient (Wildman–Crippen LogP) is 2.08. The number of rotatable bonds is 2. The molecule has 2 N–H and O–H groups in total. The van der Waals surface area contributed by atoms with Gasteiger partial charge in [-0.1, -0.05) is 6.07 Å². The first-order valence-corrected chi connectivity index (χ1v) is 5.17. The van der Waals surface area contributed by atoms with Gasteiger partial charge in [-0.3, -0.25) is 4.79 Å². The third kappa shape index (κ3) is 3.14. The fourth-order valence-corrected chi connectivity index (χ4v) is 1.73. The van der Waals surface area contributed by atoms with E-state index >= 15 is 0 Å². The molecule has 1 aromatic rings. The molecule has 17 heavy (non-hydrogen) atoms. The van der Waals surface area contributed by atoms with E-state index in [-0.39, 0.29) is 30.0 Å². The topological polar surface area (TPSA) is 41.1 Å². The minimum absolute atomic E-state index is 0. The maximum absolute atomic E-state index is 13.2. The molecule has 0 saturated carbocycles. The number of anilines is 1. The summed E-state index contributed by atoms with van der Waals surface area (Å²) in [5, 5.41) is 5.36. The summed E-state index contributed by atoms with van der Waals surface area (Å²) < 4.78 is 26.1. The standard InChI is InChI=1S/C11H12F2N2O.ClH/c12-7-3-1-4-8(10(7)13)15-11(16)9-5-2-6-14-9;/h1,3-4,9,14H,2,5-6H2,(H,15,16);1H/t9-;/m0./s1. The van der Waals surface area contributed by atoms with Crippen molar-refractivity contribution in [3.05, 3.63) is 29.8 Å². The van der Waals surface area contributed by atoms with Crippen molar-refractivity contribution in [3.8, 4) is 0 Å². The molecular formula is C11H13ClF2N2O. The number of halogens is 3. The van der Waals surface area contributed by atoms with Gasteiger partial charge in [0.2, 0.25) is 5.91 Å². The van der Waals surface area contributed by atoms with Gasteiger partial charge in [0.1, 0.15) is 0 Å². The van der Waals surface area contributed by atoms with E-state index in [1.807, 2.05) is 0 Å². The summed E-state index contributed by atoms with van der Waals surface area (Å²) in [7, 11) is 0. The average molecular weight is 263 g/mol. The zero-order chi connectivity index (χ0) is 11.5. The highest BCUT2D eigenvalue weighted by Gasteiger charge is 2.23. The van der Waals surface area contributed by atoms with E-state index in [9.17, 15) is 13.6 Å². The Balaban J connectivity index is 0.00000144. The third-order valence-electron chi connectivity index (χ3n) is 2.59. The van der Waals surface area contributed by atoms with Gasteiger partial charge >= 0.3 is 0 Å². The van der Waals surface area contributed by atoms with Crippen LogP contribution < -0.4 is 10.6 Å². The summed E-state index contributed by atoms with van der Waals surface area (Å²) in [6.45, 7) is 0.781. The number of carbonyl (C=O) groups excluding carboxylic acids is 1. The van der Waals surface area contributed by atoms with E-state index in [0.29, 0.717) is 0 Å². The third-order valence-corrected chi connectivity index (χ3v) is 2.59. The average Bonchev–Trinajstić information content (AvgIpc) is 2.78. The van der Waals surface area contributed by atoms with Crippen molar-refractivity contribution in [2.45, 2.75) is 18.9 Å². The Hall–Kier alpha value is -1.20. The summed E-state index contributed by atoms with van der Waals surface area (Å²) in [5.74, 6) is -2.30. The molecule has 1 heterocycles. The lowest BCUT2D eigenvalue weighted by molar-refractivity contribution is -0.117. The highest BCUT2D eigenvalue weighted by Crippen LogP contribution is 2.17. The quantitative estimate of drug-likeness (QED) is 0.857. The lowest BCUT2D eigenvalue weighted by Gasteiger charge is -2.11. The van der Waals surface area contributed by atoms with Crippen LogP contribution in [-0.2, 0) is 4.79 Å². The summed E-state index contributed by atoms with van der Waals surface area (Å²) in [4.78, 5) is 11.6. The lowest BCUT2D eigenvalue weighted by Crippen LogP contribution is -2.35. The van der Waals surface area contributed by atoms with E-state index in [0.717, 1.165) is 25.5 Å². The molecule has 1 aliphatic rings. The Morgan fingerprint density at radius 3 is 2.82 bits per heavy atom. The zero-order valence-corrected chi connectivity index (χ0v) is 9.82. The van der Waals surface area contributed by atoms with Gasteiger partial charge in [0, 0.05) is 0 Å². The van der Waals surface area contributed by atoms with Gasteiger partial charge in [0.25, 0.3) is 0 Å². The number of nitrogens with one attached hydrogen (secondary N) is 2. The second kappa shape index (κ2) is 5.93. The van der Waals surface area contributed by atoms with Crippen LogP contribution in [0, 0.1) is 11.6 Å². The number of hydrogen-bond acceptors (Lipinski definition) is 2. The second-order valence-corrected chi connectivity index (χ2v) is 3.74. The molecule has 3 nitrogen and oxygen atoms in total. The fraction of sp³-hybridized carbons (Fsp3) is 0.364. The molecule has 1 aromatic carbocycles. The van der Waals surface area contributed by atoms with Crippen LogP contribution in [0.4, 0.5) is 14.5 Å². The first kappa shape index (κ1) is 13.9. The molecular weight excluding hydrogens is 250 g/mol. The monoisotopic (exact) mass is 262 g/mol. The van der Waals surface area contributed by atoms with Crippen molar-refractivity contribution in [1.29, 1.82) is 0 Å². The minimum Gasteiger partial charge on any atom is -0.322 e. The molecule has 1 fully saturated rings. The largest absolute Gasteiger partial charge is 0.322 e. The van der Waals surface area contributed by atoms with Crippen LogP contribution in [-0.4, -0.2) is 18.5 Å². The highest BCUT2D eigenvalue weighted by atomic mass is 35.5. The van der Waals surface area contributed by atoms with E-state index in [1.165, 1.54) is 12.1 Å². The molecule has 0 aliphatic carbocycles. The van der Waals surface area contributed by atoms with Gasteiger partial charge in [0.15, 0.2) is 11.6 Å². The molecule has 0 unspecified atom stereocenters. The summed E-state index contributed by atoms with van der Waals surface area (Å²) in [5.41, 5.74) is -0.112. The second-order valence-electron chi connectivity index (χ2n) is 3.74. The number of hydrogen-bond donors (Lipinski definition) is 2. The molecule has 0 spiro atoms. The van der Waals surface area contributed by atoms with Gasteiger partial charge < -0.3 is 10.6 Å². The van der Waals surface area contributed by atoms with E-state index in [4.69, 9.17) is 0 Å². The molecule has 0 radical (unpaired) electrons. The molecule has 1 atom stereocenters. The van der Waals surface area contributed by atoms with Crippen molar-refractivity contribution in [2.75, 3.05) is 11.9 Å². The van der Waals surface area contributed by atoms with Crippen molar-refractivity contribution in [3.63, 3.8) is 0 Å². The molecule has 0 aromatic heterocycles. The normalized spacial score (nSPS) is 18.6. The van der Waals surface area contributed by atoms with Crippen LogP contribution in [0.25, 0.3) is 0 Å². The molecule has 94 valence electrons. The van der Waals surface area contributed by atoms with Gasteiger partial charge in [0.05, 0.1) is 11.7 Å². The van der Waals surface area contributed by atoms with Gasteiger partial charge in [-0.15, -0.1) is 12.4 Å². The van der Waals surface area contributed by atoms with Crippen LogP contribution >= 0.6 is 12.4 Å². The van der Waals surface area contributed by atoms with Crippen LogP contribution in [0.15, 0.2) is 18.2 Å². The number of amides is 1. The van der Waals surface area contributed by atoms with E-state index < -0.39 is 11.6 Å². The smallest absolute Gasteiger partial charge is 0.241 e. The van der Waals surface area contributed by atoms with Gasteiger partial charge in [-0.25, -0.2) is 8.78 Å². The molecule has 1 aliphatic heterocycles. The molecule has 0 bridgehead atoms. The summed E-state index contributed by atoms with van der Waals surface area (Å²) >= 11 is 0. The minimum atomic E-state index is -1.02. The van der Waals surface area contributed by atoms with Crippen molar-refractivity contribution >= 4 is 24.0 Å². The summed E-state index contributed by atoms with van der Waals surface area (Å²) in [6, 6.07) is 3.41. The Labute approximate surface area is 104 Å². The zero-order valence-electron chi connectivity index (χ0n) is 9.00. The summed E-state index contributed by atoms with van der Waals surface area (Å²) in [6.07, 6.45) is 1.65. The Morgan fingerprint density at radius 1 is 1.41 bits per heavy atom. The Morgan fingerprint density at radius 2 is 2.18 bits per heavy atom. The molecule has 1 saturated heterocycles. The number of benzene rings is 1. The van der Waals surface area contributed by atoms with E-state index in [2.05, 4.69) is 10.6 Å². The van der Waals surface area contributed by atoms with Crippen molar-refractivity contribution in [1.82, 2.24) is 5.32 Å². The first-order chi connectivity index (χ1) is 7.68. The number of carbonyl (C=O) groups is 1. The predicted molar refractivity (Wildman–Crippen MR) is 63.3 cm³/mol. The fourth-order valence-electron chi connectivity index (χ4n) is 1.73. The Bertz CT molecular complexity index is 408. The molecule has 2 rings (SSSR count). The van der Waals surface area contributed by atoms with Gasteiger partial charge in [-0.05, 0) is 31.5 Å². The maximum Gasteiger partial charge on any atom is 0.241 e. The van der Waals surface area contributed by atoms with E-state index in [1.54, 1.807) is 0 Å². The van der Waals surface area contributed by atoms with Gasteiger partial charge in [-0.2, -0.15) is 0 Å². The van der Waals surface area contributed by atoms with Crippen LogP contribution in [0.3, 0.4) is 0 Å². The lowest BCUT2D eigenvalue weighted by atomic mass is 10.2. The van der Waals surface area contributed by atoms with Crippen LogP contribution in [0.1, 0.15) is 12.8 Å². The highest BCUT2D eigenvalue weighted by molar-refractivity contribution is 5.95. The molecule has 1 amide bonds. The van der Waals surface area contributed by atoms with Crippen molar-refractivity contribution in [2.24, 2.45) is 0 Å². The Kier molecular flexibility index (Phi) is 4.84. The van der Waals surface area contributed by atoms with Crippen molar-refractivity contribution < 1.29 is 13.6 Å². The SMILES string of the molecule is Cl.O=C(Nc1cccc(F)c1F)[C@@H]1CCCN1. The maximum atomic E-state index is 13.2.